The third-order valence-corrected chi connectivity index (χ3v) is 4.80. The summed E-state index contributed by atoms with van der Waals surface area (Å²) in [6.45, 7) is 5.17. The molecular weight excluding hydrogens is 318 g/mol. The Morgan fingerprint density at radius 3 is 2.64 bits per heavy atom. The van der Waals surface area contributed by atoms with E-state index in [0.717, 1.165) is 63.3 Å². The first-order valence-electron chi connectivity index (χ1n) is 9.25. The first-order chi connectivity index (χ1) is 12.2. The van der Waals surface area contributed by atoms with Crippen molar-refractivity contribution in [3.05, 3.63) is 24.3 Å². The molecule has 2 saturated heterocycles. The Morgan fingerprint density at radius 2 is 2.00 bits per heavy atom. The van der Waals surface area contributed by atoms with E-state index in [-0.39, 0.29) is 18.0 Å². The van der Waals surface area contributed by atoms with Crippen molar-refractivity contribution in [1.29, 1.82) is 0 Å². The summed E-state index contributed by atoms with van der Waals surface area (Å²) in [4.78, 5) is 27.6. The molecule has 2 heterocycles. The molecule has 1 N–H and O–H groups in total. The van der Waals surface area contributed by atoms with Crippen molar-refractivity contribution in [3.63, 3.8) is 0 Å². The second-order valence-electron chi connectivity index (χ2n) is 6.68. The van der Waals surface area contributed by atoms with E-state index >= 15 is 0 Å². The van der Waals surface area contributed by atoms with Gasteiger partial charge in [-0.1, -0.05) is 6.92 Å². The summed E-state index contributed by atoms with van der Waals surface area (Å²) >= 11 is 0. The molecule has 0 saturated carbocycles. The predicted octanol–water partition coefficient (Wildman–Crippen LogP) is 3.24. The molecule has 6 heteroatoms. The van der Waals surface area contributed by atoms with Crippen molar-refractivity contribution in [1.82, 2.24) is 4.90 Å². The molecule has 2 aliphatic heterocycles. The maximum atomic E-state index is 12.5. The van der Waals surface area contributed by atoms with Crippen LogP contribution in [0.25, 0.3) is 0 Å². The third kappa shape index (κ3) is 4.51. The van der Waals surface area contributed by atoms with Gasteiger partial charge >= 0.3 is 6.03 Å². The van der Waals surface area contributed by atoms with Gasteiger partial charge < -0.3 is 19.9 Å². The number of carbonyl (C=O) groups is 2. The first-order valence-corrected chi connectivity index (χ1v) is 9.25. The SMILES string of the molecule is CCCOC1CCCN(C(=O)Nc2ccc(N3CCC3=O)cc2)CC1. The summed E-state index contributed by atoms with van der Waals surface area (Å²) in [5.74, 6) is 0.154. The zero-order valence-electron chi connectivity index (χ0n) is 14.9. The number of likely N-dealkylation sites (tertiary alicyclic amines) is 1. The smallest absolute Gasteiger partial charge is 0.321 e. The molecule has 1 aromatic carbocycles. The molecule has 0 aromatic heterocycles. The fourth-order valence-electron chi connectivity index (χ4n) is 3.24. The van der Waals surface area contributed by atoms with Crippen LogP contribution in [0.4, 0.5) is 16.2 Å². The minimum Gasteiger partial charge on any atom is -0.378 e. The summed E-state index contributed by atoms with van der Waals surface area (Å²) in [7, 11) is 0. The Balaban J connectivity index is 1.50. The van der Waals surface area contributed by atoms with Gasteiger partial charge in [-0.15, -0.1) is 0 Å². The number of hydrogen-bond donors (Lipinski definition) is 1. The topological polar surface area (TPSA) is 61.9 Å². The molecule has 1 aromatic rings. The van der Waals surface area contributed by atoms with Crippen molar-refractivity contribution in [2.45, 2.75) is 45.1 Å². The van der Waals surface area contributed by atoms with Crippen molar-refractivity contribution in [2.75, 3.05) is 36.5 Å². The van der Waals surface area contributed by atoms with Crippen LogP contribution < -0.4 is 10.2 Å². The summed E-state index contributed by atoms with van der Waals surface area (Å²) < 4.78 is 5.83. The number of hydrogen-bond acceptors (Lipinski definition) is 3. The molecule has 6 nitrogen and oxygen atoms in total. The number of carbonyl (C=O) groups excluding carboxylic acids is 2. The molecule has 1 unspecified atom stereocenters. The summed E-state index contributed by atoms with van der Waals surface area (Å²) in [5.41, 5.74) is 1.64. The number of rotatable bonds is 5. The lowest BCUT2D eigenvalue weighted by Gasteiger charge is -2.30. The Bertz CT molecular complexity index is 602. The number of amides is 3. The van der Waals surface area contributed by atoms with E-state index in [4.69, 9.17) is 4.74 Å². The average Bonchev–Trinajstić information content (AvgIpc) is 2.86. The number of urea groups is 1. The maximum Gasteiger partial charge on any atom is 0.321 e. The van der Waals surface area contributed by atoms with Crippen LogP contribution in [0.3, 0.4) is 0 Å². The van der Waals surface area contributed by atoms with Crippen LogP contribution in [0.5, 0.6) is 0 Å². The molecule has 136 valence electrons. The predicted molar refractivity (Wildman–Crippen MR) is 97.9 cm³/mol. The van der Waals surface area contributed by atoms with Gasteiger partial charge in [0.15, 0.2) is 0 Å². The lowest BCUT2D eigenvalue weighted by molar-refractivity contribution is -0.122. The van der Waals surface area contributed by atoms with E-state index in [9.17, 15) is 9.59 Å². The van der Waals surface area contributed by atoms with Gasteiger partial charge in [-0.25, -0.2) is 4.79 Å². The Kier molecular flexibility index (Phi) is 5.91. The highest BCUT2D eigenvalue weighted by atomic mass is 16.5. The van der Waals surface area contributed by atoms with Gasteiger partial charge in [-0.3, -0.25) is 4.79 Å². The van der Waals surface area contributed by atoms with Crippen LogP contribution in [0, 0.1) is 0 Å². The van der Waals surface area contributed by atoms with E-state index in [1.54, 1.807) is 4.90 Å². The van der Waals surface area contributed by atoms with E-state index in [0.29, 0.717) is 6.42 Å². The van der Waals surface area contributed by atoms with Crippen molar-refractivity contribution < 1.29 is 14.3 Å². The van der Waals surface area contributed by atoms with Crippen LogP contribution >= 0.6 is 0 Å². The number of ether oxygens (including phenoxy) is 1. The molecule has 0 spiro atoms. The van der Waals surface area contributed by atoms with Crippen LogP contribution in [0.15, 0.2) is 24.3 Å². The van der Waals surface area contributed by atoms with Gasteiger partial charge in [0.25, 0.3) is 0 Å². The van der Waals surface area contributed by atoms with E-state index in [1.165, 1.54) is 0 Å². The zero-order chi connectivity index (χ0) is 17.6. The molecule has 0 radical (unpaired) electrons. The quantitative estimate of drug-likeness (QED) is 0.834. The second kappa shape index (κ2) is 8.34. The molecule has 1 atom stereocenters. The molecule has 25 heavy (non-hydrogen) atoms. The lowest BCUT2D eigenvalue weighted by Crippen LogP contribution is -2.43. The molecule has 3 amide bonds. The summed E-state index contributed by atoms with van der Waals surface area (Å²) in [6, 6.07) is 7.39. The fourth-order valence-corrected chi connectivity index (χ4v) is 3.24. The van der Waals surface area contributed by atoms with Gasteiger partial charge in [0.2, 0.25) is 5.91 Å². The van der Waals surface area contributed by atoms with Crippen LogP contribution in [0.1, 0.15) is 39.0 Å². The maximum absolute atomic E-state index is 12.5. The van der Waals surface area contributed by atoms with Gasteiger partial charge in [-0.2, -0.15) is 0 Å². The molecule has 0 bridgehead atoms. The van der Waals surface area contributed by atoms with E-state index in [2.05, 4.69) is 12.2 Å². The van der Waals surface area contributed by atoms with Crippen LogP contribution in [0.2, 0.25) is 0 Å². The molecular formula is C19H27N3O3. The van der Waals surface area contributed by atoms with E-state index < -0.39 is 0 Å². The largest absolute Gasteiger partial charge is 0.378 e. The van der Waals surface area contributed by atoms with Crippen LogP contribution in [-0.4, -0.2) is 49.2 Å². The minimum atomic E-state index is -0.0658. The van der Waals surface area contributed by atoms with Crippen molar-refractivity contribution >= 4 is 23.3 Å². The van der Waals surface area contributed by atoms with Crippen molar-refractivity contribution in [2.24, 2.45) is 0 Å². The molecule has 2 fully saturated rings. The molecule has 2 aliphatic rings. The number of benzene rings is 1. The first kappa shape index (κ1) is 17.7. The number of nitrogens with one attached hydrogen (secondary N) is 1. The monoisotopic (exact) mass is 345 g/mol. The third-order valence-electron chi connectivity index (χ3n) is 4.80. The van der Waals surface area contributed by atoms with Crippen molar-refractivity contribution in [3.8, 4) is 0 Å². The van der Waals surface area contributed by atoms with Gasteiger partial charge in [-0.05, 0) is 49.9 Å². The summed E-state index contributed by atoms with van der Waals surface area (Å²) in [5, 5.41) is 2.95. The van der Waals surface area contributed by atoms with Crippen LogP contribution in [-0.2, 0) is 9.53 Å². The number of β-lactam (4-membered cyclic amide) rings is 1. The highest BCUT2D eigenvalue weighted by Gasteiger charge is 2.25. The lowest BCUT2D eigenvalue weighted by atomic mass is 10.1. The zero-order valence-corrected chi connectivity index (χ0v) is 14.9. The highest BCUT2D eigenvalue weighted by Crippen LogP contribution is 2.24. The fraction of sp³-hybridized carbons (Fsp3) is 0.579. The van der Waals surface area contributed by atoms with Gasteiger partial charge in [0.05, 0.1) is 6.10 Å². The average molecular weight is 345 g/mol. The normalized spacial score (nSPS) is 20.8. The Morgan fingerprint density at radius 1 is 1.20 bits per heavy atom. The minimum absolute atomic E-state index is 0.0658. The molecule has 0 aliphatic carbocycles. The Labute approximate surface area is 149 Å². The van der Waals surface area contributed by atoms with Gasteiger partial charge in [0, 0.05) is 44.0 Å². The highest BCUT2D eigenvalue weighted by molar-refractivity contribution is 5.99. The van der Waals surface area contributed by atoms with Gasteiger partial charge in [0.1, 0.15) is 0 Å². The standard InChI is InChI=1S/C19H27N3O3/c1-2-14-25-17-4-3-11-21(12-9-17)19(24)20-15-5-7-16(8-6-15)22-13-10-18(22)23/h5-8,17H,2-4,9-14H2,1H3,(H,20,24). The second-order valence-corrected chi connectivity index (χ2v) is 6.68. The Hall–Kier alpha value is -2.08. The number of nitrogens with zero attached hydrogens (tertiary/aromatic N) is 2. The summed E-state index contributed by atoms with van der Waals surface area (Å²) in [6.07, 6.45) is 4.80. The number of anilines is 2. The molecule has 3 rings (SSSR count). The van der Waals surface area contributed by atoms with E-state index in [1.807, 2.05) is 29.2 Å².